The summed E-state index contributed by atoms with van der Waals surface area (Å²) in [7, 11) is 0. The maximum atomic E-state index is 13.7. The SMILES string of the molecule is CC[C@H](NC(=O)COCCCOCCCCOc1ccc(N2C(=S)N(c3ccc(C#N)c(C(F)(F)F)c3)C(=O)C2(C)C)cc1)C(=O)N1C[C@H](O)C[C@H]1C(=O)NCc1ccc(-c2scnc2C)cc1. The molecule has 6 rings (SSSR count). The Bertz CT molecular complexity index is 2480. The Labute approximate surface area is 402 Å². The number of aliphatic hydroxyl groups is 1. The molecule has 4 aromatic rings. The van der Waals surface area contributed by atoms with Crippen molar-refractivity contribution in [2.45, 2.75) is 96.2 Å². The number of ether oxygens (including phenoxy) is 3. The molecule has 2 saturated heterocycles. The summed E-state index contributed by atoms with van der Waals surface area (Å²) in [6.45, 7) is 8.46. The first kappa shape index (κ1) is 51.4. The first-order valence-corrected chi connectivity index (χ1v) is 23.5. The third-order valence-electron chi connectivity index (χ3n) is 11.5. The van der Waals surface area contributed by atoms with Crippen molar-refractivity contribution in [1.82, 2.24) is 20.5 Å². The highest BCUT2D eigenvalue weighted by molar-refractivity contribution is 7.81. The van der Waals surface area contributed by atoms with E-state index in [-0.39, 0.29) is 55.9 Å². The van der Waals surface area contributed by atoms with Gasteiger partial charge >= 0.3 is 6.18 Å². The molecule has 0 unspecified atom stereocenters. The molecule has 2 aliphatic heterocycles. The molecule has 0 radical (unpaired) electrons. The monoisotopic (exact) mass is 977 g/mol. The van der Waals surface area contributed by atoms with Crippen LogP contribution in [0.5, 0.6) is 5.75 Å². The number of amides is 4. The number of halogens is 3. The number of unbranched alkanes of at least 4 members (excludes halogenated alkanes) is 1. The van der Waals surface area contributed by atoms with Gasteiger partial charge in [0.25, 0.3) is 5.91 Å². The maximum absolute atomic E-state index is 13.7. The molecule has 4 amide bonds. The lowest BCUT2D eigenvalue weighted by Crippen LogP contribution is -2.53. The molecule has 0 spiro atoms. The second kappa shape index (κ2) is 22.9. The number of aryl methyl sites for hydroxylation is 1. The van der Waals surface area contributed by atoms with Gasteiger partial charge in [-0.3, -0.25) is 24.1 Å². The molecule has 3 heterocycles. The fourth-order valence-corrected chi connectivity index (χ4v) is 9.25. The smallest absolute Gasteiger partial charge is 0.417 e. The van der Waals surface area contributed by atoms with Crippen molar-refractivity contribution < 1.29 is 51.7 Å². The van der Waals surface area contributed by atoms with Gasteiger partial charge in [0.15, 0.2) is 5.11 Å². The van der Waals surface area contributed by atoms with Crippen LogP contribution in [0.25, 0.3) is 10.4 Å². The molecule has 2 fully saturated rings. The molecule has 2 aliphatic rings. The van der Waals surface area contributed by atoms with Gasteiger partial charge in [-0.15, -0.1) is 11.3 Å². The predicted octanol–water partition coefficient (Wildman–Crippen LogP) is 6.68. The van der Waals surface area contributed by atoms with E-state index in [0.29, 0.717) is 50.5 Å². The van der Waals surface area contributed by atoms with Crippen molar-refractivity contribution in [1.29, 1.82) is 5.26 Å². The average molecular weight is 978 g/mol. The van der Waals surface area contributed by atoms with Gasteiger partial charge in [-0.05, 0) is 112 Å². The van der Waals surface area contributed by atoms with E-state index in [1.807, 2.05) is 31.2 Å². The molecule has 0 saturated carbocycles. The van der Waals surface area contributed by atoms with E-state index in [0.717, 1.165) is 38.7 Å². The Morgan fingerprint density at radius 1 is 1.00 bits per heavy atom. The number of nitrogens with zero attached hydrogens (tertiary/aromatic N) is 5. The highest BCUT2D eigenvalue weighted by atomic mass is 32.1. The Morgan fingerprint density at radius 3 is 2.34 bits per heavy atom. The zero-order valence-corrected chi connectivity index (χ0v) is 39.8. The summed E-state index contributed by atoms with van der Waals surface area (Å²) in [6, 6.07) is 17.5. The summed E-state index contributed by atoms with van der Waals surface area (Å²) in [5.41, 5.74) is 2.18. The van der Waals surface area contributed by atoms with Crippen molar-refractivity contribution in [3.05, 3.63) is 94.6 Å². The van der Waals surface area contributed by atoms with Gasteiger partial charge in [0.1, 0.15) is 30.0 Å². The minimum absolute atomic E-state index is 0.00603. The van der Waals surface area contributed by atoms with Crippen molar-refractivity contribution in [3.8, 4) is 22.3 Å². The first-order chi connectivity index (χ1) is 32.4. The summed E-state index contributed by atoms with van der Waals surface area (Å²) in [5, 5.41) is 25.2. The van der Waals surface area contributed by atoms with Crippen LogP contribution in [0.4, 0.5) is 24.5 Å². The number of anilines is 2. The normalized spacial score (nSPS) is 17.3. The van der Waals surface area contributed by atoms with Crippen LogP contribution in [0, 0.1) is 18.3 Å². The first-order valence-electron chi connectivity index (χ1n) is 22.2. The quantitative estimate of drug-likeness (QED) is 0.0595. The number of carbonyl (C=O) groups is 4. The van der Waals surface area contributed by atoms with Crippen molar-refractivity contribution in [2.24, 2.45) is 0 Å². The Kier molecular flexibility index (Phi) is 17.3. The molecule has 0 bridgehead atoms. The van der Waals surface area contributed by atoms with Crippen LogP contribution in [0.3, 0.4) is 0 Å². The number of aliphatic hydroxyl groups excluding tert-OH is 1. The van der Waals surface area contributed by atoms with E-state index >= 15 is 0 Å². The summed E-state index contributed by atoms with van der Waals surface area (Å²) >= 11 is 7.17. The number of aromatic nitrogens is 1. The molecule has 20 heteroatoms. The zero-order valence-electron chi connectivity index (χ0n) is 38.1. The molecule has 3 aromatic carbocycles. The van der Waals surface area contributed by atoms with Crippen LogP contribution >= 0.6 is 23.6 Å². The van der Waals surface area contributed by atoms with Crippen LogP contribution in [-0.2, 0) is 41.4 Å². The second-order valence-corrected chi connectivity index (χ2v) is 18.1. The van der Waals surface area contributed by atoms with Gasteiger partial charge in [-0.2, -0.15) is 18.4 Å². The fraction of sp³-hybridized carbons (Fsp3) is 0.438. The number of hydrogen-bond acceptors (Lipinski definition) is 12. The predicted molar refractivity (Wildman–Crippen MR) is 253 cm³/mol. The number of rotatable bonds is 21. The van der Waals surface area contributed by atoms with Gasteiger partial charge in [0, 0.05) is 45.0 Å². The number of benzene rings is 3. The lowest BCUT2D eigenvalue weighted by molar-refractivity contribution is -0.142. The van der Waals surface area contributed by atoms with Gasteiger partial charge < -0.3 is 39.8 Å². The van der Waals surface area contributed by atoms with Crippen molar-refractivity contribution in [2.75, 3.05) is 49.4 Å². The number of nitrogens with one attached hydrogen (secondary N) is 2. The van der Waals surface area contributed by atoms with E-state index in [1.165, 1.54) is 11.0 Å². The van der Waals surface area contributed by atoms with E-state index < -0.39 is 58.8 Å². The van der Waals surface area contributed by atoms with Gasteiger partial charge in [0.2, 0.25) is 17.7 Å². The zero-order chi connectivity index (χ0) is 49.2. The van der Waals surface area contributed by atoms with Crippen LogP contribution in [0.1, 0.15) is 75.3 Å². The Morgan fingerprint density at radius 2 is 1.68 bits per heavy atom. The third-order valence-corrected chi connectivity index (χ3v) is 12.9. The van der Waals surface area contributed by atoms with E-state index in [2.05, 4.69) is 15.6 Å². The topological polar surface area (TPSA) is 187 Å². The minimum Gasteiger partial charge on any atom is -0.494 e. The molecule has 68 heavy (non-hydrogen) atoms. The van der Waals surface area contributed by atoms with Crippen LogP contribution in [-0.4, -0.2) is 107 Å². The number of carbonyl (C=O) groups excluding carboxylic acids is 4. The van der Waals surface area contributed by atoms with Crippen LogP contribution < -0.4 is 25.2 Å². The van der Waals surface area contributed by atoms with Crippen LogP contribution in [0.15, 0.2) is 72.2 Å². The summed E-state index contributed by atoms with van der Waals surface area (Å²) < 4.78 is 58.1. The number of thiazole rings is 1. The standard InChI is InChI=1S/C48H54F3N7O8S2/c1-5-39(44(62)56-27-36(59)24-40(56)43(61)53-26-31-9-11-32(12-10-31)42-30(2)54-29-68-42)55-41(60)28-65-21-8-20-64-19-6-7-22-66-37-17-15-34(16-18-37)58-46(67)57(45(63)47(58,3)4)35-14-13-33(25-52)38(23-35)48(49,50)51/h9-18,23,29,36,39-40,59H,5-8,19-22,24,26-28H2,1-4H3,(H,53,61)(H,55,60)/t36-,39+,40+/m1/s1. The highest BCUT2D eigenvalue weighted by Crippen LogP contribution is 2.40. The Hall–Kier alpha value is -5.98. The molecule has 1 aromatic heterocycles. The Balaban J connectivity index is 0.842. The molecule has 3 atom stereocenters. The number of hydrogen-bond donors (Lipinski definition) is 3. The molecule has 3 N–H and O–H groups in total. The van der Waals surface area contributed by atoms with Crippen molar-refractivity contribution >= 4 is 63.7 Å². The third kappa shape index (κ3) is 12.4. The number of alkyl halides is 3. The van der Waals surface area contributed by atoms with Gasteiger partial charge in [0.05, 0.1) is 51.7 Å². The number of thiocarbonyl (C=S) groups is 1. The molecule has 15 nitrogen and oxygen atoms in total. The van der Waals surface area contributed by atoms with E-state index in [4.69, 9.17) is 26.4 Å². The van der Waals surface area contributed by atoms with E-state index in [9.17, 15) is 42.7 Å². The van der Waals surface area contributed by atoms with Gasteiger partial charge in [-0.25, -0.2) is 4.98 Å². The molecular formula is C48H54F3N7O8S2. The lowest BCUT2D eigenvalue weighted by atomic mass is 10.0. The van der Waals surface area contributed by atoms with Crippen molar-refractivity contribution in [3.63, 3.8) is 0 Å². The fourth-order valence-electron chi connectivity index (χ4n) is 7.92. The molecule has 362 valence electrons. The second-order valence-electron chi connectivity index (χ2n) is 16.8. The summed E-state index contributed by atoms with van der Waals surface area (Å²) in [5.74, 6) is -1.26. The lowest BCUT2D eigenvalue weighted by Gasteiger charge is -2.29. The largest absolute Gasteiger partial charge is 0.494 e. The highest BCUT2D eigenvalue weighted by Gasteiger charge is 2.51. The summed E-state index contributed by atoms with van der Waals surface area (Å²) in [4.78, 5) is 62.3. The maximum Gasteiger partial charge on any atom is 0.417 e. The van der Waals surface area contributed by atoms with Gasteiger partial charge in [-0.1, -0.05) is 31.2 Å². The van der Waals surface area contributed by atoms with E-state index in [1.54, 1.807) is 72.9 Å². The summed E-state index contributed by atoms with van der Waals surface area (Å²) in [6.07, 6.45) is -3.36. The number of likely N-dealkylation sites (tertiary alicyclic amines) is 1. The number of β-amino-alcohol motifs (C(OH)–C–C–N with tert-alkyl or cyclic N) is 1. The molecular weight excluding hydrogens is 924 g/mol. The average Bonchev–Trinajstić information content (AvgIpc) is 3.98. The number of nitriles is 1. The molecule has 0 aliphatic carbocycles. The minimum atomic E-state index is -4.80. The van der Waals surface area contributed by atoms with Crippen LogP contribution in [0.2, 0.25) is 0 Å².